The molecule has 0 aliphatic heterocycles. The molecule has 0 spiro atoms. The molecule has 0 radical (unpaired) electrons. The average molecular weight is 883 g/mol. The van der Waals surface area contributed by atoms with E-state index in [-0.39, 0.29) is 0 Å². The first-order valence-electron chi connectivity index (χ1n) is 23.0. The van der Waals surface area contributed by atoms with E-state index in [9.17, 15) is 0 Å². The van der Waals surface area contributed by atoms with Crippen LogP contribution in [0, 0.1) is 0 Å². The van der Waals surface area contributed by atoms with Gasteiger partial charge in [0.25, 0.3) is 0 Å². The highest BCUT2D eigenvalue weighted by Gasteiger charge is 2.23. The molecule has 0 amide bonds. The van der Waals surface area contributed by atoms with Crippen LogP contribution in [0.4, 0.5) is 0 Å². The van der Waals surface area contributed by atoms with Crippen molar-refractivity contribution in [3.63, 3.8) is 0 Å². The molecule has 0 aliphatic carbocycles. The van der Waals surface area contributed by atoms with Crippen molar-refractivity contribution in [3.8, 4) is 62.1 Å². The molecule has 0 saturated carbocycles. The fourth-order valence-electron chi connectivity index (χ4n) is 10.5. The molecule has 14 rings (SSSR count). The van der Waals surface area contributed by atoms with Gasteiger partial charge in [0, 0.05) is 53.2 Å². The van der Waals surface area contributed by atoms with Crippen LogP contribution in [0.2, 0.25) is 0 Å². The molecule has 68 heavy (non-hydrogen) atoms. The molecule has 0 saturated heterocycles. The maximum Gasteiger partial charge on any atom is 0.164 e. The Bertz CT molecular complexity index is 4230. The van der Waals surface area contributed by atoms with Crippen molar-refractivity contribution in [1.29, 1.82) is 0 Å². The molecule has 0 bridgehead atoms. The molecule has 0 unspecified atom stereocenters. The van der Waals surface area contributed by atoms with Gasteiger partial charge in [-0.3, -0.25) is 0 Å². The molecule has 316 valence electrons. The highest BCUT2D eigenvalue weighted by atomic mass is 32.1. The summed E-state index contributed by atoms with van der Waals surface area (Å²) in [4.78, 5) is 16.1. The minimum Gasteiger partial charge on any atom is -0.309 e. The SMILES string of the molecule is c1ccc(-c2cccc3c2c2cc4ccccc4cc2n3-c2ccc(-c3nc(-c4cccc5ccccc45)nc(-c4cccc5ccccc45)n3)cc2-c2cccc3sc4ccccc4c23)cc1. The Morgan fingerprint density at radius 3 is 1.57 bits per heavy atom. The van der Waals surface area contributed by atoms with Crippen molar-refractivity contribution in [1.82, 2.24) is 19.5 Å². The lowest BCUT2D eigenvalue weighted by Gasteiger charge is -2.17. The Balaban J connectivity index is 1.09. The van der Waals surface area contributed by atoms with E-state index in [1.165, 1.54) is 52.8 Å². The zero-order valence-electron chi connectivity index (χ0n) is 36.6. The number of nitrogens with zero attached hydrogens (tertiary/aromatic N) is 4. The number of hydrogen-bond donors (Lipinski definition) is 0. The highest BCUT2D eigenvalue weighted by molar-refractivity contribution is 7.25. The lowest BCUT2D eigenvalue weighted by atomic mass is 9.95. The van der Waals surface area contributed by atoms with Gasteiger partial charge in [-0.15, -0.1) is 11.3 Å². The Hall–Kier alpha value is -8.77. The number of fused-ring (bicyclic) bond motifs is 9. The quantitative estimate of drug-likeness (QED) is 0.167. The zero-order valence-corrected chi connectivity index (χ0v) is 37.5. The Kier molecular flexibility index (Phi) is 8.73. The van der Waals surface area contributed by atoms with Crippen LogP contribution in [0.5, 0.6) is 0 Å². The highest BCUT2D eigenvalue weighted by Crippen LogP contribution is 2.46. The molecule has 4 nitrogen and oxygen atoms in total. The number of thiophene rings is 1. The minimum absolute atomic E-state index is 0.612. The smallest absolute Gasteiger partial charge is 0.164 e. The van der Waals surface area contributed by atoms with Crippen molar-refractivity contribution in [2.45, 2.75) is 0 Å². The summed E-state index contributed by atoms with van der Waals surface area (Å²) >= 11 is 1.84. The summed E-state index contributed by atoms with van der Waals surface area (Å²) in [6, 6.07) is 83.0. The third kappa shape index (κ3) is 6.10. The molecule has 11 aromatic carbocycles. The summed E-state index contributed by atoms with van der Waals surface area (Å²) in [6.07, 6.45) is 0. The Morgan fingerprint density at radius 1 is 0.294 bits per heavy atom. The topological polar surface area (TPSA) is 43.6 Å². The Labute approximate surface area is 395 Å². The van der Waals surface area contributed by atoms with Crippen LogP contribution < -0.4 is 0 Å². The summed E-state index contributed by atoms with van der Waals surface area (Å²) in [5.74, 6) is 1.88. The van der Waals surface area contributed by atoms with Crippen LogP contribution in [0.15, 0.2) is 231 Å². The third-order valence-corrected chi connectivity index (χ3v) is 14.8. The maximum absolute atomic E-state index is 5.41. The van der Waals surface area contributed by atoms with E-state index in [0.717, 1.165) is 66.1 Å². The average Bonchev–Trinajstić information content (AvgIpc) is 3.95. The second kappa shape index (κ2) is 15.4. The van der Waals surface area contributed by atoms with Gasteiger partial charge in [0.15, 0.2) is 17.5 Å². The third-order valence-electron chi connectivity index (χ3n) is 13.6. The molecular weight excluding hydrogens is 845 g/mol. The van der Waals surface area contributed by atoms with E-state index in [4.69, 9.17) is 15.0 Å². The van der Waals surface area contributed by atoms with E-state index in [0.29, 0.717) is 17.5 Å². The number of aromatic nitrogens is 4. The standard InChI is InChI=1S/C63H38N4S/c1-2-16-41(17-3-1)47-27-14-31-55-59(47)53-36-42-20-4-5-21-43(42)38-56(53)67(55)54-35-34-44(37-52(54)48-28-15-33-58-60(48)51-26-10-11-32-57(51)68-58)61-64-62(49-29-12-22-39-18-6-8-24-45(39)49)66-63(65-61)50-30-13-23-40-19-7-9-25-46(40)50/h1-38H. The van der Waals surface area contributed by atoms with E-state index >= 15 is 0 Å². The van der Waals surface area contributed by atoms with Gasteiger partial charge in [0.1, 0.15) is 0 Å². The largest absolute Gasteiger partial charge is 0.309 e. The first-order chi connectivity index (χ1) is 33.7. The molecule has 5 heteroatoms. The van der Waals surface area contributed by atoms with Crippen molar-refractivity contribution in [2.24, 2.45) is 0 Å². The van der Waals surface area contributed by atoms with E-state index < -0.39 is 0 Å². The summed E-state index contributed by atoms with van der Waals surface area (Å²) in [5, 5.41) is 11.8. The molecule has 14 aromatic rings. The van der Waals surface area contributed by atoms with E-state index in [1.54, 1.807) is 0 Å². The monoisotopic (exact) mass is 882 g/mol. The molecule has 3 heterocycles. The fraction of sp³-hybridized carbons (Fsp3) is 0. The van der Waals surface area contributed by atoms with Crippen molar-refractivity contribution >= 4 is 85.6 Å². The molecule has 0 aliphatic rings. The molecule has 3 aromatic heterocycles. The van der Waals surface area contributed by atoms with Crippen molar-refractivity contribution in [3.05, 3.63) is 231 Å². The predicted molar refractivity (Wildman–Crippen MR) is 287 cm³/mol. The number of hydrogen-bond acceptors (Lipinski definition) is 4. The first-order valence-corrected chi connectivity index (χ1v) is 23.8. The van der Waals surface area contributed by atoms with Gasteiger partial charge in [0.2, 0.25) is 0 Å². The summed E-state index contributed by atoms with van der Waals surface area (Å²) in [7, 11) is 0. The van der Waals surface area contributed by atoms with Crippen LogP contribution in [-0.4, -0.2) is 19.5 Å². The van der Waals surface area contributed by atoms with Gasteiger partial charge >= 0.3 is 0 Å². The number of benzene rings is 11. The second-order valence-corrected chi connectivity index (χ2v) is 18.6. The van der Waals surface area contributed by atoms with E-state index in [2.05, 4.69) is 235 Å². The Morgan fingerprint density at radius 2 is 0.838 bits per heavy atom. The lowest BCUT2D eigenvalue weighted by Crippen LogP contribution is -2.02. The zero-order chi connectivity index (χ0) is 44.7. The normalized spacial score (nSPS) is 11.8. The van der Waals surface area contributed by atoms with Crippen LogP contribution in [0.3, 0.4) is 0 Å². The second-order valence-electron chi connectivity index (χ2n) is 17.5. The van der Waals surface area contributed by atoms with Gasteiger partial charge in [-0.05, 0) is 97.5 Å². The van der Waals surface area contributed by atoms with Crippen molar-refractivity contribution < 1.29 is 0 Å². The molecular formula is C63H38N4S. The minimum atomic E-state index is 0.612. The van der Waals surface area contributed by atoms with Gasteiger partial charge in [-0.1, -0.05) is 182 Å². The van der Waals surface area contributed by atoms with Gasteiger partial charge in [0.05, 0.1) is 16.7 Å². The number of rotatable bonds is 6. The van der Waals surface area contributed by atoms with Gasteiger partial charge in [-0.25, -0.2) is 15.0 Å². The van der Waals surface area contributed by atoms with Gasteiger partial charge < -0.3 is 4.57 Å². The molecule has 0 fully saturated rings. The lowest BCUT2D eigenvalue weighted by molar-refractivity contribution is 1.08. The summed E-state index contributed by atoms with van der Waals surface area (Å²) in [6.45, 7) is 0. The molecule has 0 N–H and O–H groups in total. The molecule has 0 atom stereocenters. The fourth-order valence-corrected chi connectivity index (χ4v) is 11.7. The van der Waals surface area contributed by atoms with Crippen molar-refractivity contribution in [2.75, 3.05) is 0 Å². The van der Waals surface area contributed by atoms with Crippen LogP contribution >= 0.6 is 11.3 Å². The van der Waals surface area contributed by atoms with Gasteiger partial charge in [-0.2, -0.15) is 0 Å². The predicted octanol–water partition coefficient (Wildman–Crippen LogP) is 17.1. The van der Waals surface area contributed by atoms with Crippen LogP contribution in [-0.2, 0) is 0 Å². The van der Waals surface area contributed by atoms with E-state index in [1.807, 2.05) is 11.3 Å². The first kappa shape index (κ1) is 38.5. The van der Waals surface area contributed by atoms with Crippen LogP contribution in [0.1, 0.15) is 0 Å². The van der Waals surface area contributed by atoms with Crippen LogP contribution in [0.25, 0.3) is 136 Å². The summed E-state index contributed by atoms with van der Waals surface area (Å²) in [5.41, 5.74) is 10.8. The summed E-state index contributed by atoms with van der Waals surface area (Å²) < 4.78 is 5.00. The maximum atomic E-state index is 5.41.